The molecule has 1 fully saturated rings. The van der Waals surface area contributed by atoms with Gasteiger partial charge in [-0.2, -0.15) is 0 Å². The smallest absolute Gasteiger partial charge is 0.194 e. The summed E-state index contributed by atoms with van der Waals surface area (Å²) in [7, 11) is 1.93. The van der Waals surface area contributed by atoms with Gasteiger partial charge in [-0.25, -0.2) is 13.2 Å². The van der Waals surface area contributed by atoms with E-state index in [0.717, 1.165) is 31.5 Å². The highest BCUT2D eigenvalue weighted by Gasteiger charge is 2.26. The summed E-state index contributed by atoms with van der Waals surface area (Å²) in [4.78, 5) is 2.07. The molecular formula is C13H16F3N. The first kappa shape index (κ1) is 12.4. The SMILES string of the molecule is C[C@@H]1CCC(c2cc(F)c(F)c(F)c2)N(C)C1. The molecular weight excluding hydrogens is 227 g/mol. The summed E-state index contributed by atoms with van der Waals surface area (Å²) >= 11 is 0. The molecule has 0 spiro atoms. The normalized spacial score (nSPS) is 26.2. The Labute approximate surface area is 99.2 Å². The largest absolute Gasteiger partial charge is 0.299 e. The molecule has 1 nitrogen and oxygen atoms in total. The maximum atomic E-state index is 13.2. The van der Waals surface area contributed by atoms with E-state index in [-0.39, 0.29) is 6.04 Å². The van der Waals surface area contributed by atoms with Crippen molar-refractivity contribution in [3.05, 3.63) is 35.1 Å². The van der Waals surface area contributed by atoms with Gasteiger partial charge in [0.05, 0.1) is 0 Å². The molecule has 2 atom stereocenters. The Morgan fingerprint density at radius 1 is 1.12 bits per heavy atom. The van der Waals surface area contributed by atoms with E-state index in [2.05, 4.69) is 11.8 Å². The minimum absolute atomic E-state index is 0.0178. The van der Waals surface area contributed by atoms with Crippen molar-refractivity contribution in [2.24, 2.45) is 5.92 Å². The fourth-order valence-corrected chi connectivity index (χ4v) is 2.56. The van der Waals surface area contributed by atoms with Crippen LogP contribution in [0, 0.1) is 23.4 Å². The molecule has 0 bridgehead atoms. The molecule has 4 heteroatoms. The van der Waals surface area contributed by atoms with Crippen LogP contribution >= 0.6 is 0 Å². The van der Waals surface area contributed by atoms with E-state index in [1.54, 1.807) is 0 Å². The minimum Gasteiger partial charge on any atom is -0.299 e. The third-order valence-electron chi connectivity index (χ3n) is 3.46. The summed E-state index contributed by atoms with van der Waals surface area (Å²) in [5, 5.41) is 0. The van der Waals surface area contributed by atoms with Crippen molar-refractivity contribution in [2.75, 3.05) is 13.6 Å². The van der Waals surface area contributed by atoms with Crippen molar-refractivity contribution in [3.63, 3.8) is 0 Å². The van der Waals surface area contributed by atoms with Gasteiger partial charge >= 0.3 is 0 Å². The van der Waals surface area contributed by atoms with Crippen molar-refractivity contribution in [1.29, 1.82) is 0 Å². The lowest BCUT2D eigenvalue weighted by Gasteiger charge is -2.36. The molecule has 0 radical (unpaired) electrons. The maximum Gasteiger partial charge on any atom is 0.194 e. The number of nitrogens with zero attached hydrogens (tertiary/aromatic N) is 1. The number of benzene rings is 1. The number of hydrogen-bond acceptors (Lipinski definition) is 1. The Bertz CT molecular complexity index is 396. The number of likely N-dealkylation sites (tertiary alicyclic amines) is 1. The van der Waals surface area contributed by atoms with Crippen LogP contribution in [-0.2, 0) is 0 Å². The van der Waals surface area contributed by atoms with Crippen LogP contribution in [0.3, 0.4) is 0 Å². The standard InChI is InChI=1S/C13H16F3N/c1-8-3-4-12(17(2)7-8)9-5-10(14)13(16)11(15)6-9/h5-6,8,12H,3-4,7H2,1-2H3/t8-,12?/m1/s1. The molecule has 1 saturated heterocycles. The van der Waals surface area contributed by atoms with Gasteiger partial charge in [0.15, 0.2) is 17.5 Å². The number of piperidine rings is 1. The molecule has 0 amide bonds. The first-order chi connectivity index (χ1) is 7.99. The van der Waals surface area contributed by atoms with Gasteiger partial charge in [0, 0.05) is 12.6 Å². The van der Waals surface area contributed by atoms with Gasteiger partial charge < -0.3 is 0 Å². The molecule has 2 rings (SSSR count). The average Bonchev–Trinajstić information content (AvgIpc) is 2.25. The van der Waals surface area contributed by atoms with E-state index in [1.165, 1.54) is 0 Å². The Morgan fingerprint density at radius 2 is 1.71 bits per heavy atom. The average molecular weight is 243 g/mol. The lowest BCUT2D eigenvalue weighted by molar-refractivity contribution is 0.146. The molecule has 1 aliphatic heterocycles. The zero-order valence-corrected chi connectivity index (χ0v) is 10.0. The van der Waals surface area contributed by atoms with Crippen molar-refractivity contribution in [3.8, 4) is 0 Å². The lowest BCUT2D eigenvalue weighted by Crippen LogP contribution is -2.34. The molecule has 17 heavy (non-hydrogen) atoms. The summed E-state index contributed by atoms with van der Waals surface area (Å²) in [5.74, 6) is -3.01. The van der Waals surface area contributed by atoms with Gasteiger partial charge in [0.25, 0.3) is 0 Å². The molecule has 1 heterocycles. The monoisotopic (exact) mass is 243 g/mol. The summed E-state index contributed by atoms with van der Waals surface area (Å²) in [6, 6.07) is 2.20. The van der Waals surface area contributed by atoms with Crippen molar-refractivity contribution < 1.29 is 13.2 Å². The Hall–Kier alpha value is -1.03. The number of rotatable bonds is 1. The summed E-state index contributed by atoms with van der Waals surface area (Å²) in [6.07, 6.45) is 1.87. The quantitative estimate of drug-likeness (QED) is 0.682. The third kappa shape index (κ3) is 2.46. The number of halogens is 3. The summed E-state index contributed by atoms with van der Waals surface area (Å²) in [5.41, 5.74) is 0.524. The molecule has 0 aromatic heterocycles. The highest BCUT2D eigenvalue weighted by molar-refractivity contribution is 5.23. The van der Waals surface area contributed by atoms with Crippen LogP contribution in [0.25, 0.3) is 0 Å². The molecule has 0 N–H and O–H groups in total. The molecule has 0 saturated carbocycles. The summed E-state index contributed by atoms with van der Waals surface area (Å²) in [6.45, 7) is 3.05. The lowest BCUT2D eigenvalue weighted by atomic mass is 9.90. The van der Waals surface area contributed by atoms with E-state index < -0.39 is 17.5 Å². The van der Waals surface area contributed by atoms with E-state index in [9.17, 15) is 13.2 Å². The zero-order chi connectivity index (χ0) is 12.6. The molecule has 1 aliphatic rings. The zero-order valence-electron chi connectivity index (χ0n) is 10.0. The van der Waals surface area contributed by atoms with Crippen molar-refractivity contribution in [2.45, 2.75) is 25.8 Å². The molecule has 94 valence electrons. The van der Waals surface area contributed by atoms with Crippen molar-refractivity contribution >= 4 is 0 Å². The van der Waals surface area contributed by atoms with Crippen molar-refractivity contribution in [1.82, 2.24) is 4.90 Å². The van der Waals surface area contributed by atoms with E-state index in [4.69, 9.17) is 0 Å². The van der Waals surface area contributed by atoms with Crippen LogP contribution in [0.2, 0.25) is 0 Å². The Kier molecular flexibility index (Phi) is 3.43. The van der Waals surface area contributed by atoms with Gasteiger partial charge in [-0.3, -0.25) is 4.90 Å². The number of hydrogen-bond donors (Lipinski definition) is 0. The van der Waals surface area contributed by atoms with E-state index in [1.807, 2.05) is 7.05 Å². The first-order valence-corrected chi connectivity index (χ1v) is 5.83. The van der Waals surface area contributed by atoms with Gasteiger partial charge in [-0.05, 0) is 43.5 Å². The van der Waals surface area contributed by atoms with Crippen LogP contribution in [0.5, 0.6) is 0 Å². The second kappa shape index (κ2) is 4.69. The first-order valence-electron chi connectivity index (χ1n) is 5.83. The van der Waals surface area contributed by atoms with Crippen LogP contribution in [-0.4, -0.2) is 18.5 Å². The third-order valence-corrected chi connectivity index (χ3v) is 3.46. The predicted octanol–water partition coefficient (Wildman–Crippen LogP) is 3.51. The van der Waals surface area contributed by atoms with Gasteiger partial charge in [-0.1, -0.05) is 6.92 Å². The van der Waals surface area contributed by atoms with E-state index in [0.29, 0.717) is 11.5 Å². The van der Waals surface area contributed by atoms with Gasteiger partial charge in [-0.15, -0.1) is 0 Å². The summed E-state index contributed by atoms with van der Waals surface area (Å²) < 4.78 is 39.2. The van der Waals surface area contributed by atoms with Gasteiger partial charge in [0.1, 0.15) is 0 Å². The molecule has 0 aliphatic carbocycles. The fraction of sp³-hybridized carbons (Fsp3) is 0.538. The maximum absolute atomic E-state index is 13.2. The second-order valence-electron chi connectivity index (χ2n) is 4.94. The van der Waals surface area contributed by atoms with E-state index >= 15 is 0 Å². The highest BCUT2D eigenvalue weighted by atomic mass is 19.2. The van der Waals surface area contributed by atoms with Crippen LogP contribution < -0.4 is 0 Å². The fourth-order valence-electron chi connectivity index (χ4n) is 2.56. The Morgan fingerprint density at radius 3 is 2.24 bits per heavy atom. The van der Waals surface area contributed by atoms with Crippen LogP contribution in [0.1, 0.15) is 31.4 Å². The topological polar surface area (TPSA) is 3.24 Å². The molecule has 1 unspecified atom stereocenters. The second-order valence-corrected chi connectivity index (χ2v) is 4.94. The van der Waals surface area contributed by atoms with Crippen LogP contribution in [0.15, 0.2) is 12.1 Å². The van der Waals surface area contributed by atoms with Gasteiger partial charge in [0.2, 0.25) is 0 Å². The predicted molar refractivity (Wildman–Crippen MR) is 60.1 cm³/mol. The highest BCUT2D eigenvalue weighted by Crippen LogP contribution is 2.33. The minimum atomic E-state index is -1.39. The van der Waals surface area contributed by atoms with Crippen LogP contribution in [0.4, 0.5) is 13.2 Å². The Balaban J connectivity index is 2.28. The molecule has 1 aromatic rings. The molecule has 1 aromatic carbocycles.